The minimum Gasteiger partial charge on any atom is -0.454 e. The van der Waals surface area contributed by atoms with Crippen molar-refractivity contribution in [3.05, 3.63) is 23.8 Å². The van der Waals surface area contributed by atoms with Gasteiger partial charge in [-0.1, -0.05) is 6.07 Å². The number of hydrogen-bond acceptors (Lipinski definition) is 12. The van der Waals surface area contributed by atoms with E-state index in [1.54, 1.807) is 21.0 Å². The normalized spacial score (nSPS) is 44.5. The lowest BCUT2D eigenvalue weighted by Gasteiger charge is -2.60. The highest BCUT2D eigenvalue weighted by Crippen LogP contribution is 2.46. The van der Waals surface area contributed by atoms with Crippen molar-refractivity contribution in [1.82, 2.24) is 16.0 Å². The fraction of sp³-hybridized carbons (Fsp3) is 0.739. The Morgan fingerprint density at radius 2 is 1.71 bits per heavy atom. The fourth-order valence-electron chi connectivity index (χ4n) is 5.69. The van der Waals surface area contributed by atoms with E-state index in [9.17, 15) is 20.4 Å². The summed E-state index contributed by atoms with van der Waals surface area (Å²) in [7, 11) is 3.28. The molecule has 4 unspecified atom stereocenters. The molecule has 1 aliphatic carbocycles. The maximum absolute atomic E-state index is 11.7. The number of nitrogens with one attached hydrogen (secondary N) is 3. The number of likely N-dealkylation sites (N-methyl/N-ethyl adjacent to an activating group) is 2. The summed E-state index contributed by atoms with van der Waals surface area (Å²) in [5.74, 6) is -0.908. The van der Waals surface area contributed by atoms with Crippen LogP contribution in [0.25, 0.3) is 0 Å². The van der Waals surface area contributed by atoms with Gasteiger partial charge in [-0.25, -0.2) is 0 Å². The van der Waals surface area contributed by atoms with E-state index in [1.807, 2.05) is 18.2 Å². The lowest BCUT2D eigenvalue weighted by molar-refractivity contribution is -0.482. The van der Waals surface area contributed by atoms with Gasteiger partial charge in [0.15, 0.2) is 11.5 Å². The second kappa shape index (κ2) is 9.38. The van der Waals surface area contributed by atoms with E-state index in [0.29, 0.717) is 18.0 Å². The zero-order valence-electron chi connectivity index (χ0n) is 20.0. The van der Waals surface area contributed by atoms with Crippen LogP contribution in [0, 0.1) is 0 Å². The first-order chi connectivity index (χ1) is 16.7. The molecule has 1 aromatic rings. The number of benzene rings is 1. The number of ether oxygens (including phenoxy) is 5. The molecule has 12 nitrogen and oxygen atoms in total. The number of rotatable bonds is 6. The van der Waals surface area contributed by atoms with Crippen LogP contribution in [0.15, 0.2) is 18.2 Å². The van der Waals surface area contributed by atoms with Crippen molar-refractivity contribution in [3.63, 3.8) is 0 Å². The summed E-state index contributed by atoms with van der Waals surface area (Å²) >= 11 is 0. The number of hydrogen-bond donors (Lipinski definition) is 7. The minimum atomic E-state index is -2.25. The average molecular weight is 498 g/mol. The largest absolute Gasteiger partial charge is 0.454 e. The van der Waals surface area contributed by atoms with Crippen LogP contribution >= 0.6 is 0 Å². The first-order valence-corrected chi connectivity index (χ1v) is 11.9. The summed E-state index contributed by atoms with van der Waals surface area (Å²) in [6, 6.07) is 4.19. The molecule has 1 saturated carbocycles. The molecule has 0 bridgehead atoms. The van der Waals surface area contributed by atoms with E-state index < -0.39 is 60.3 Å². The molecule has 3 heterocycles. The van der Waals surface area contributed by atoms with Crippen LogP contribution in [-0.4, -0.2) is 108 Å². The molecule has 12 heteroatoms. The summed E-state index contributed by atoms with van der Waals surface area (Å²) in [6.45, 7) is 2.31. The standard InChI is InChI=1S/C23H35N3O9/c1-11-7-22(29,9-26-8-12-4-5-13-14(6-12)32-10-31-13)23(30)21(33-11)34-20-18(28)15(24-2)17(27)16(25-3)19(20)35-23/h4-6,11,15-21,24-30H,7-10H2,1-3H3/t11-,15-,16+,17+,18+,19?,20?,21?,22-,23?/m1/s1. The number of aliphatic hydroxyl groups is 4. The van der Waals surface area contributed by atoms with Crippen molar-refractivity contribution < 1.29 is 44.1 Å². The average Bonchev–Trinajstić information content (AvgIpc) is 3.28. The highest BCUT2D eigenvalue weighted by molar-refractivity contribution is 5.44. The SMILES string of the molecule is CN[C@@H]1[C@H](O)[C@H](NC)C2OC3(O)C(OC2[C@H]1O)O[C@H](C)C[C@@]3(O)CNCc1ccc2c(c1)OCO2. The van der Waals surface area contributed by atoms with E-state index >= 15 is 0 Å². The Morgan fingerprint density at radius 1 is 0.971 bits per heavy atom. The minimum absolute atomic E-state index is 0.0304. The fourth-order valence-corrected chi connectivity index (χ4v) is 5.69. The number of aliphatic hydroxyl groups excluding tert-OH is 2. The van der Waals surface area contributed by atoms with Crippen molar-refractivity contribution in [2.45, 2.75) is 80.2 Å². The Labute approximate surface area is 203 Å². The van der Waals surface area contributed by atoms with Crippen LogP contribution in [0.3, 0.4) is 0 Å². The highest BCUT2D eigenvalue weighted by Gasteiger charge is 2.68. The van der Waals surface area contributed by atoms with Gasteiger partial charge in [-0.2, -0.15) is 0 Å². The van der Waals surface area contributed by atoms with Crippen LogP contribution in [0.4, 0.5) is 0 Å². The molecule has 10 atom stereocenters. The predicted octanol–water partition coefficient (Wildman–Crippen LogP) is -2.25. The highest BCUT2D eigenvalue weighted by atomic mass is 16.8. The molecule has 0 amide bonds. The van der Waals surface area contributed by atoms with Crippen molar-refractivity contribution >= 4 is 0 Å². The molecule has 7 N–H and O–H groups in total. The Kier molecular flexibility index (Phi) is 6.72. The third kappa shape index (κ3) is 4.11. The van der Waals surface area contributed by atoms with Gasteiger partial charge in [0.1, 0.15) is 23.9 Å². The lowest BCUT2D eigenvalue weighted by Crippen LogP contribution is -2.81. The van der Waals surface area contributed by atoms with Crippen LogP contribution in [0.2, 0.25) is 0 Å². The van der Waals surface area contributed by atoms with Crippen molar-refractivity contribution in [2.24, 2.45) is 0 Å². The molecule has 1 aromatic carbocycles. The van der Waals surface area contributed by atoms with Crippen LogP contribution in [0.1, 0.15) is 18.9 Å². The van der Waals surface area contributed by atoms with E-state index in [4.69, 9.17) is 23.7 Å². The molecule has 35 heavy (non-hydrogen) atoms. The van der Waals surface area contributed by atoms with Gasteiger partial charge in [-0.15, -0.1) is 0 Å². The summed E-state index contributed by atoms with van der Waals surface area (Å²) in [6.07, 6.45) is -5.75. The van der Waals surface area contributed by atoms with Gasteiger partial charge in [0, 0.05) is 19.5 Å². The molecule has 196 valence electrons. The molecule has 0 spiro atoms. The molecule has 4 aliphatic rings. The third-order valence-corrected chi connectivity index (χ3v) is 7.53. The number of fused-ring (bicyclic) bond motifs is 3. The summed E-state index contributed by atoms with van der Waals surface area (Å²) < 4.78 is 28.8. The monoisotopic (exact) mass is 497 g/mol. The van der Waals surface area contributed by atoms with Gasteiger partial charge in [0.25, 0.3) is 0 Å². The molecule has 2 saturated heterocycles. The van der Waals surface area contributed by atoms with E-state index in [1.165, 1.54) is 0 Å². The topological polar surface area (TPSA) is 163 Å². The zero-order valence-corrected chi connectivity index (χ0v) is 20.0. The molecular formula is C23H35N3O9. The molecule has 0 aromatic heterocycles. The third-order valence-electron chi connectivity index (χ3n) is 7.53. The molecule has 3 aliphatic heterocycles. The van der Waals surface area contributed by atoms with Gasteiger partial charge < -0.3 is 60.1 Å². The van der Waals surface area contributed by atoms with E-state index in [0.717, 1.165) is 5.56 Å². The van der Waals surface area contributed by atoms with E-state index in [-0.39, 0.29) is 19.8 Å². The zero-order chi connectivity index (χ0) is 25.0. The Morgan fingerprint density at radius 3 is 2.46 bits per heavy atom. The Balaban J connectivity index is 1.35. The predicted molar refractivity (Wildman–Crippen MR) is 121 cm³/mol. The molecular weight excluding hydrogens is 462 g/mol. The maximum atomic E-state index is 11.7. The van der Waals surface area contributed by atoms with Gasteiger partial charge in [-0.3, -0.25) is 0 Å². The van der Waals surface area contributed by atoms with Crippen LogP contribution in [0.5, 0.6) is 11.5 Å². The lowest BCUT2D eigenvalue weighted by atomic mass is 9.77. The van der Waals surface area contributed by atoms with Gasteiger partial charge in [0.2, 0.25) is 18.9 Å². The van der Waals surface area contributed by atoms with Crippen molar-refractivity contribution in [1.29, 1.82) is 0 Å². The quantitative estimate of drug-likeness (QED) is 0.226. The second-order valence-electron chi connectivity index (χ2n) is 9.80. The summed E-state index contributed by atoms with van der Waals surface area (Å²) in [4.78, 5) is 0. The van der Waals surface area contributed by atoms with E-state index in [2.05, 4.69) is 16.0 Å². The summed E-state index contributed by atoms with van der Waals surface area (Å²) in [5.41, 5.74) is -0.876. The smallest absolute Gasteiger partial charge is 0.249 e. The van der Waals surface area contributed by atoms with Gasteiger partial charge in [-0.05, 0) is 38.7 Å². The Hall–Kier alpha value is -1.58. The first-order valence-electron chi connectivity index (χ1n) is 11.9. The molecule has 5 rings (SSSR count). The van der Waals surface area contributed by atoms with Crippen LogP contribution < -0.4 is 25.4 Å². The maximum Gasteiger partial charge on any atom is 0.249 e. The molecule has 0 radical (unpaired) electrons. The van der Waals surface area contributed by atoms with Crippen molar-refractivity contribution in [2.75, 3.05) is 27.4 Å². The summed E-state index contributed by atoms with van der Waals surface area (Å²) in [5, 5.41) is 54.2. The van der Waals surface area contributed by atoms with Gasteiger partial charge in [0.05, 0.1) is 24.3 Å². The first kappa shape index (κ1) is 25.1. The van der Waals surface area contributed by atoms with Crippen LogP contribution in [-0.2, 0) is 20.8 Å². The molecule has 3 fully saturated rings. The second-order valence-corrected chi connectivity index (χ2v) is 9.80. The Bertz CT molecular complexity index is 924. The van der Waals surface area contributed by atoms with Crippen molar-refractivity contribution in [3.8, 4) is 11.5 Å². The van der Waals surface area contributed by atoms with Gasteiger partial charge >= 0.3 is 0 Å².